The van der Waals surface area contributed by atoms with Gasteiger partial charge < -0.3 is 29.0 Å². The van der Waals surface area contributed by atoms with Gasteiger partial charge in [-0.25, -0.2) is 9.97 Å². The van der Waals surface area contributed by atoms with Crippen LogP contribution in [-0.2, 0) is 41.5 Å². The number of hydrogen-bond acceptors (Lipinski definition) is 12. The molecule has 3 aliphatic heterocycles. The molecule has 0 unspecified atom stereocenters. The van der Waals surface area contributed by atoms with Crippen LogP contribution < -0.4 is 0 Å². The number of rotatable bonds is 10. The molecule has 4 heterocycles. The molecule has 12 heteroatoms. The Morgan fingerprint density at radius 1 is 1.13 bits per heavy atom. The molecule has 9 atom stereocenters. The molecule has 294 valence electrons. The van der Waals surface area contributed by atoms with Crippen LogP contribution in [0.5, 0.6) is 0 Å². The molecule has 3 fully saturated rings. The smallest absolute Gasteiger partial charge is 0.319 e. The molecule has 12 nitrogen and oxygen atoms in total. The molecule has 1 saturated carbocycles. The van der Waals surface area contributed by atoms with Crippen molar-refractivity contribution < 1.29 is 33.6 Å². The van der Waals surface area contributed by atoms with Crippen LogP contribution in [0.15, 0.2) is 12.5 Å². The number of ketones is 1. The maximum absolute atomic E-state index is 14.4. The minimum Gasteiger partial charge on any atom is -0.463 e. The third kappa shape index (κ3) is 9.59. The fraction of sp³-hybridized carbons (Fsp3) is 0.850. The maximum Gasteiger partial charge on any atom is 0.319 e. The second-order valence-corrected chi connectivity index (χ2v) is 17.4. The average Bonchev–Trinajstić information content (AvgIpc) is 3.09. The van der Waals surface area contributed by atoms with Gasteiger partial charge in [-0.15, -0.1) is 0 Å². The van der Waals surface area contributed by atoms with Gasteiger partial charge in [0.15, 0.2) is 12.1 Å². The molecule has 0 radical (unpaired) electrons. The van der Waals surface area contributed by atoms with E-state index in [1.807, 2.05) is 46.0 Å². The highest BCUT2D eigenvalue weighted by Crippen LogP contribution is 2.39. The monoisotopic (exact) mass is 730 g/mol. The van der Waals surface area contributed by atoms with Gasteiger partial charge >= 0.3 is 5.97 Å². The lowest BCUT2D eigenvalue weighted by atomic mass is 9.74. The quantitative estimate of drug-likeness (QED) is 0.275. The van der Waals surface area contributed by atoms with Crippen molar-refractivity contribution in [2.45, 2.75) is 142 Å². The minimum atomic E-state index is -1.42. The zero-order valence-electron chi connectivity index (χ0n) is 33.4. The van der Waals surface area contributed by atoms with Crippen molar-refractivity contribution in [2.24, 2.45) is 23.2 Å². The summed E-state index contributed by atoms with van der Waals surface area (Å²) in [6, 6.07) is -0.155. The Kier molecular flexibility index (Phi) is 13.9. The van der Waals surface area contributed by atoms with E-state index >= 15 is 0 Å². The largest absolute Gasteiger partial charge is 0.463 e. The van der Waals surface area contributed by atoms with Crippen molar-refractivity contribution in [3.05, 3.63) is 23.8 Å². The van der Waals surface area contributed by atoms with Crippen molar-refractivity contribution in [3.8, 4) is 0 Å². The minimum absolute atomic E-state index is 0.0209. The van der Waals surface area contributed by atoms with Gasteiger partial charge in [-0.3, -0.25) is 19.4 Å². The summed E-state index contributed by atoms with van der Waals surface area (Å²) in [5, 5.41) is 11.5. The number of hydrogen-bond donors (Lipinski definition) is 1. The summed E-state index contributed by atoms with van der Waals surface area (Å²) in [5.74, 6) is -0.773. The van der Waals surface area contributed by atoms with Crippen molar-refractivity contribution in [3.63, 3.8) is 0 Å². The number of fused-ring (bicyclic) bond motifs is 1. The fourth-order valence-electron chi connectivity index (χ4n) is 9.04. The number of cyclic esters (lactones) is 1. The van der Waals surface area contributed by atoms with Crippen molar-refractivity contribution >= 4 is 11.8 Å². The number of aliphatic hydroxyl groups excluding tert-OH is 1. The molecule has 52 heavy (non-hydrogen) atoms. The fourth-order valence-corrected chi connectivity index (χ4v) is 9.04. The molecule has 1 aliphatic carbocycles. The van der Waals surface area contributed by atoms with Crippen LogP contribution >= 0.6 is 0 Å². The van der Waals surface area contributed by atoms with Gasteiger partial charge in [0.2, 0.25) is 0 Å². The Hall–Kier alpha value is -2.06. The summed E-state index contributed by atoms with van der Waals surface area (Å²) < 4.78 is 25.5. The number of carbonyl (C=O) groups excluding carboxylic acids is 2. The molecule has 0 spiro atoms. The van der Waals surface area contributed by atoms with E-state index in [4.69, 9.17) is 18.9 Å². The van der Waals surface area contributed by atoms with Gasteiger partial charge in [-0.1, -0.05) is 20.3 Å². The Labute approximate surface area is 312 Å². The third-order valence-corrected chi connectivity index (χ3v) is 12.5. The average molecular weight is 730 g/mol. The molecule has 1 aromatic rings. The number of aliphatic hydroxyl groups is 1. The maximum atomic E-state index is 14.4. The van der Waals surface area contributed by atoms with Crippen molar-refractivity contribution in [1.82, 2.24) is 24.7 Å². The predicted octanol–water partition coefficient (Wildman–Crippen LogP) is 4.12. The number of ether oxygens (including phenoxy) is 4. The Morgan fingerprint density at radius 2 is 1.88 bits per heavy atom. The van der Waals surface area contributed by atoms with E-state index in [1.54, 1.807) is 27.3 Å². The van der Waals surface area contributed by atoms with Crippen LogP contribution in [0, 0.1) is 23.2 Å². The number of Topliss-reactive ketones (excluding diaryl/α,β-unsaturated/α-hetero) is 1. The second-order valence-electron chi connectivity index (χ2n) is 17.4. The molecule has 5 rings (SSSR count). The lowest BCUT2D eigenvalue weighted by Gasteiger charge is -2.47. The van der Waals surface area contributed by atoms with Gasteiger partial charge in [-0.2, -0.15) is 0 Å². The molecule has 0 aromatic carbocycles. The number of likely N-dealkylation sites (N-methyl/N-ethyl adjacent to an activating group) is 1. The molecule has 1 aromatic heterocycles. The van der Waals surface area contributed by atoms with Crippen LogP contribution in [0.4, 0.5) is 0 Å². The van der Waals surface area contributed by atoms with Crippen LogP contribution in [0.25, 0.3) is 0 Å². The van der Waals surface area contributed by atoms with E-state index in [0.29, 0.717) is 18.8 Å². The van der Waals surface area contributed by atoms with E-state index in [1.165, 1.54) is 24.8 Å². The van der Waals surface area contributed by atoms with Crippen LogP contribution in [0.2, 0.25) is 0 Å². The van der Waals surface area contributed by atoms with E-state index < -0.39 is 41.4 Å². The molecular weight excluding hydrogens is 662 g/mol. The summed E-state index contributed by atoms with van der Waals surface area (Å²) in [4.78, 5) is 44.1. The molecule has 4 aliphatic rings. The summed E-state index contributed by atoms with van der Waals surface area (Å²) >= 11 is 0. The first-order valence-corrected chi connectivity index (χ1v) is 19.8. The Morgan fingerprint density at radius 3 is 2.56 bits per heavy atom. The second kappa shape index (κ2) is 17.6. The standard InChI is InChI=1S/C40H67N5O7/c1-26-19-40(6,49-9)36(52-37-34(46)33(43(7)8)18-27(2)51-37)28(3)35(47)39(4,5)38(48)50-24-31(45(21-26)22-29-12-10-13-29)14-11-16-44-17-15-32-30(23-44)20-41-25-42-32/h20,25-29,31,33-34,36-37,46H,10-19,21-24H2,1-9H3/t26-,27-,28+,31-,33+,34-,36-,37+,40-/m1/s1. The van der Waals surface area contributed by atoms with Crippen molar-refractivity contribution in [2.75, 3.05) is 54.0 Å². The van der Waals surface area contributed by atoms with Gasteiger partial charge in [0.05, 0.1) is 17.8 Å². The van der Waals surface area contributed by atoms with Gasteiger partial charge in [0.1, 0.15) is 24.5 Å². The lowest BCUT2D eigenvalue weighted by Crippen LogP contribution is -2.59. The topological polar surface area (TPSA) is 127 Å². The van der Waals surface area contributed by atoms with Gasteiger partial charge in [0, 0.05) is 75.2 Å². The first-order valence-electron chi connectivity index (χ1n) is 19.8. The zero-order valence-corrected chi connectivity index (χ0v) is 33.4. The molecule has 0 amide bonds. The van der Waals surface area contributed by atoms with Crippen LogP contribution in [0.1, 0.15) is 97.7 Å². The molecular formula is C40H67N5O7. The third-order valence-electron chi connectivity index (χ3n) is 12.5. The highest BCUT2D eigenvalue weighted by molar-refractivity contribution is 6.04. The summed E-state index contributed by atoms with van der Waals surface area (Å²) in [6.07, 6.45) is 8.43. The lowest BCUT2D eigenvalue weighted by molar-refractivity contribution is -0.295. The molecule has 0 bridgehead atoms. The highest BCUT2D eigenvalue weighted by atomic mass is 16.7. The molecule has 1 N–H and O–H groups in total. The summed E-state index contributed by atoms with van der Waals surface area (Å²) in [7, 11) is 5.54. The normalized spacial score (nSPS) is 35.9. The van der Waals surface area contributed by atoms with Crippen LogP contribution in [-0.4, -0.2) is 138 Å². The van der Waals surface area contributed by atoms with Crippen molar-refractivity contribution in [1.29, 1.82) is 0 Å². The Balaban J connectivity index is 1.40. The summed E-state index contributed by atoms with van der Waals surface area (Å²) in [6.45, 7) is 16.1. The van der Waals surface area contributed by atoms with E-state index in [-0.39, 0.29) is 36.5 Å². The first kappa shape index (κ1) is 41.1. The molecule has 2 saturated heterocycles. The van der Waals surface area contributed by atoms with Gasteiger partial charge in [0.25, 0.3) is 0 Å². The number of aromatic nitrogens is 2. The van der Waals surface area contributed by atoms with E-state index in [9.17, 15) is 14.7 Å². The predicted molar refractivity (Wildman–Crippen MR) is 198 cm³/mol. The zero-order chi connectivity index (χ0) is 37.8. The SMILES string of the molecule is CO[C@]1(C)C[C@@H](C)CN(CC2CCC2)[C@H](CCCN2CCc3ncncc3C2)COC(=O)C(C)(C)C(=O)[C@H](C)[C@H]1O[C@@H]1O[C@H](C)C[C@H](N(C)C)[C@H]1O. The van der Waals surface area contributed by atoms with E-state index in [2.05, 4.69) is 26.7 Å². The number of esters is 1. The Bertz CT molecular complexity index is 1340. The highest BCUT2D eigenvalue weighted by Gasteiger charge is 2.51. The number of methoxy groups -OCH3 is 1. The summed E-state index contributed by atoms with van der Waals surface area (Å²) in [5.41, 5.74) is -0.00314. The first-order chi connectivity index (χ1) is 24.6. The number of carbonyl (C=O) groups is 2. The number of nitrogens with zero attached hydrogens (tertiary/aromatic N) is 5. The van der Waals surface area contributed by atoms with Crippen LogP contribution in [0.3, 0.4) is 0 Å². The van der Waals surface area contributed by atoms with E-state index in [0.717, 1.165) is 57.7 Å². The van der Waals surface area contributed by atoms with Gasteiger partial charge in [-0.05, 0) is 98.7 Å².